The summed E-state index contributed by atoms with van der Waals surface area (Å²) in [5.74, 6) is 0.742. The number of likely N-dealkylation sites (tertiary alicyclic amines) is 1. The fraction of sp³-hybridized carbons (Fsp3) is 0.846. The Hall–Kier alpha value is -0.580. The molecule has 1 aliphatic heterocycles. The number of nitrogens with one attached hydrogen (secondary N) is 2. The Morgan fingerprint density at radius 3 is 2.41 bits per heavy atom. The molecule has 1 fully saturated rings. The summed E-state index contributed by atoms with van der Waals surface area (Å²) in [5, 5.41) is 6.09. The van der Waals surface area contributed by atoms with Gasteiger partial charge in [0, 0.05) is 32.4 Å². The van der Waals surface area contributed by atoms with Crippen LogP contribution in [0.25, 0.3) is 0 Å². The van der Waals surface area contributed by atoms with Crippen molar-refractivity contribution < 1.29 is 13.2 Å². The van der Waals surface area contributed by atoms with E-state index in [0.717, 1.165) is 25.9 Å². The number of carbonyl (C=O) groups excluding carboxylic acids is 1. The van der Waals surface area contributed by atoms with Gasteiger partial charge in [-0.1, -0.05) is 0 Å². The van der Waals surface area contributed by atoms with Crippen molar-refractivity contribution in [2.45, 2.75) is 26.2 Å². The van der Waals surface area contributed by atoms with E-state index >= 15 is 0 Å². The van der Waals surface area contributed by atoms with Crippen LogP contribution in [0.2, 0.25) is 0 Å². The van der Waals surface area contributed by atoms with Gasteiger partial charge in [-0.25, -0.2) is 13.4 Å². The number of aliphatic imine (C=N–C) groups is 1. The van der Waals surface area contributed by atoms with Crippen LogP contribution in [0.5, 0.6) is 0 Å². The molecule has 0 aromatic heterocycles. The molecule has 0 radical (unpaired) electrons. The van der Waals surface area contributed by atoms with Gasteiger partial charge in [0.15, 0.2) is 5.96 Å². The van der Waals surface area contributed by atoms with Gasteiger partial charge in [-0.15, -0.1) is 24.0 Å². The van der Waals surface area contributed by atoms with Crippen LogP contribution in [0.1, 0.15) is 26.2 Å². The SMILES string of the molecule is CCNC(=NCC(=O)N1CCCC1)NCCCS(C)(=O)=O.I. The maximum atomic E-state index is 11.9. The monoisotopic (exact) mass is 446 g/mol. The lowest BCUT2D eigenvalue weighted by Gasteiger charge is -2.15. The molecule has 1 heterocycles. The van der Waals surface area contributed by atoms with Gasteiger partial charge in [-0.3, -0.25) is 4.79 Å². The molecule has 7 nitrogen and oxygen atoms in total. The Morgan fingerprint density at radius 1 is 1.23 bits per heavy atom. The lowest BCUT2D eigenvalue weighted by Crippen LogP contribution is -2.39. The van der Waals surface area contributed by atoms with Crippen molar-refractivity contribution >= 4 is 45.7 Å². The van der Waals surface area contributed by atoms with Crippen molar-refractivity contribution in [1.29, 1.82) is 0 Å². The largest absolute Gasteiger partial charge is 0.357 e. The van der Waals surface area contributed by atoms with E-state index in [0.29, 0.717) is 25.5 Å². The molecule has 2 N–H and O–H groups in total. The van der Waals surface area contributed by atoms with Crippen LogP contribution < -0.4 is 10.6 Å². The zero-order valence-electron chi connectivity index (χ0n) is 13.3. The highest BCUT2D eigenvalue weighted by molar-refractivity contribution is 14.0. The maximum absolute atomic E-state index is 11.9. The first-order chi connectivity index (χ1) is 9.92. The van der Waals surface area contributed by atoms with Gasteiger partial charge in [0.25, 0.3) is 0 Å². The third-order valence-electron chi connectivity index (χ3n) is 3.16. The molecule has 22 heavy (non-hydrogen) atoms. The van der Waals surface area contributed by atoms with Crippen molar-refractivity contribution in [3.8, 4) is 0 Å². The van der Waals surface area contributed by atoms with Gasteiger partial charge in [0.2, 0.25) is 5.91 Å². The number of rotatable bonds is 7. The second-order valence-corrected chi connectivity index (χ2v) is 7.45. The summed E-state index contributed by atoms with van der Waals surface area (Å²) in [4.78, 5) is 18.0. The fourth-order valence-electron chi connectivity index (χ4n) is 2.10. The lowest BCUT2D eigenvalue weighted by molar-refractivity contribution is -0.128. The van der Waals surface area contributed by atoms with Gasteiger partial charge < -0.3 is 15.5 Å². The van der Waals surface area contributed by atoms with E-state index in [9.17, 15) is 13.2 Å². The highest BCUT2D eigenvalue weighted by Crippen LogP contribution is 2.07. The van der Waals surface area contributed by atoms with E-state index in [1.807, 2.05) is 11.8 Å². The average Bonchev–Trinajstić information content (AvgIpc) is 2.93. The quantitative estimate of drug-likeness (QED) is 0.253. The summed E-state index contributed by atoms with van der Waals surface area (Å²) >= 11 is 0. The van der Waals surface area contributed by atoms with E-state index in [-0.39, 0.29) is 42.2 Å². The molecule has 0 aliphatic carbocycles. The molecule has 9 heteroatoms. The second-order valence-electron chi connectivity index (χ2n) is 5.19. The van der Waals surface area contributed by atoms with Crippen LogP contribution in [0.4, 0.5) is 0 Å². The van der Waals surface area contributed by atoms with Gasteiger partial charge in [-0.2, -0.15) is 0 Å². The van der Waals surface area contributed by atoms with Crippen LogP contribution in [-0.2, 0) is 14.6 Å². The smallest absolute Gasteiger partial charge is 0.244 e. The Morgan fingerprint density at radius 2 is 1.86 bits per heavy atom. The summed E-state index contributed by atoms with van der Waals surface area (Å²) in [7, 11) is -2.93. The van der Waals surface area contributed by atoms with E-state index in [4.69, 9.17) is 0 Å². The molecule has 1 saturated heterocycles. The van der Waals surface area contributed by atoms with Crippen molar-refractivity contribution in [2.24, 2.45) is 4.99 Å². The number of amides is 1. The molecular weight excluding hydrogens is 419 g/mol. The molecule has 1 aliphatic rings. The molecule has 130 valence electrons. The fourth-order valence-corrected chi connectivity index (χ4v) is 2.76. The first-order valence-electron chi connectivity index (χ1n) is 7.40. The number of halogens is 1. The third kappa shape index (κ3) is 9.44. The molecule has 0 unspecified atom stereocenters. The molecule has 0 bridgehead atoms. The van der Waals surface area contributed by atoms with Gasteiger partial charge >= 0.3 is 0 Å². The maximum Gasteiger partial charge on any atom is 0.244 e. The Bertz CT molecular complexity index is 462. The van der Waals surface area contributed by atoms with E-state index in [2.05, 4.69) is 15.6 Å². The van der Waals surface area contributed by atoms with Crippen molar-refractivity contribution in [3.05, 3.63) is 0 Å². The molecule has 0 aromatic carbocycles. The summed E-state index contributed by atoms with van der Waals surface area (Å²) in [6.07, 6.45) is 3.88. The van der Waals surface area contributed by atoms with E-state index in [1.54, 1.807) is 0 Å². The third-order valence-corrected chi connectivity index (χ3v) is 4.19. The predicted molar refractivity (Wildman–Crippen MR) is 99.5 cm³/mol. The number of hydrogen-bond acceptors (Lipinski definition) is 4. The van der Waals surface area contributed by atoms with Crippen molar-refractivity contribution in [2.75, 3.05) is 44.7 Å². The number of nitrogens with zero attached hydrogens (tertiary/aromatic N) is 2. The average molecular weight is 446 g/mol. The minimum atomic E-state index is -2.93. The first kappa shape index (κ1) is 21.4. The molecule has 0 spiro atoms. The highest BCUT2D eigenvalue weighted by atomic mass is 127. The number of hydrogen-bond donors (Lipinski definition) is 2. The summed E-state index contributed by atoms with van der Waals surface area (Å²) in [6.45, 7) is 4.92. The summed E-state index contributed by atoms with van der Waals surface area (Å²) < 4.78 is 22.1. The molecule has 1 amide bonds. The van der Waals surface area contributed by atoms with Crippen molar-refractivity contribution in [3.63, 3.8) is 0 Å². The molecule has 0 aromatic rings. The van der Waals surface area contributed by atoms with Crippen molar-refractivity contribution in [1.82, 2.24) is 15.5 Å². The Balaban J connectivity index is 0.00000441. The molecular formula is C13H27IN4O3S. The standard InChI is InChI=1S/C13H26N4O3S.HI/c1-3-14-13(15-7-6-10-21(2,19)20)16-11-12(18)17-8-4-5-9-17;/h3-11H2,1-2H3,(H2,14,15,16);1H. The topological polar surface area (TPSA) is 90.9 Å². The summed E-state index contributed by atoms with van der Waals surface area (Å²) in [5.41, 5.74) is 0. The number of guanidine groups is 1. The Kier molecular flexibility index (Phi) is 10.7. The first-order valence-corrected chi connectivity index (χ1v) is 9.46. The van der Waals surface area contributed by atoms with Crippen LogP contribution in [0, 0.1) is 0 Å². The summed E-state index contributed by atoms with van der Waals surface area (Å²) in [6, 6.07) is 0. The highest BCUT2D eigenvalue weighted by Gasteiger charge is 2.17. The minimum Gasteiger partial charge on any atom is -0.357 e. The zero-order valence-corrected chi connectivity index (χ0v) is 16.4. The van der Waals surface area contributed by atoms with E-state index in [1.165, 1.54) is 6.26 Å². The zero-order chi connectivity index (χ0) is 15.7. The van der Waals surface area contributed by atoms with Crippen LogP contribution >= 0.6 is 24.0 Å². The number of carbonyl (C=O) groups is 1. The van der Waals surface area contributed by atoms with Gasteiger partial charge in [0.05, 0.1) is 5.75 Å². The van der Waals surface area contributed by atoms with E-state index < -0.39 is 9.84 Å². The van der Waals surface area contributed by atoms with Gasteiger partial charge in [0.1, 0.15) is 16.4 Å². The molecule has 1 rings (SSSR count). The predicted octanol–water partition coefficient (Wildman–Crippen LogP) is 0.217. The van der Waals surface area contributed by atoms with Crippen LogP contribution in [-0.4, -0.2) is 69.9 Å². The van der Waals surface area contributed by atoms with Crippen LogP contribution in [0.15, 0.2) is 4.99 Å². The minimum absolute atomic E-state index is 0. The van der Waals surface area contributed by atoms with Crippen LogP contribution in [0.3, 0.4) is 0 Å². The normalized spacial score (nSPS) is 15.4. The second kappa shape index (κ2) is 11.0. The van der Waals surface area contributed by atoms with Gasteiger partial charge in [-0.05, 0) is 26.2 Å². The molecule has 0 saturated carbocycles. The lowest BCUT2D eigenvalue weighted by atomic mass is 10.4. The number of sulfone groups is 1. The Labute approximate surface area is 150 Å². The molecule has 0 atom stereocenters.